The van der Waals surface area contributed by atoms with Crippen molar-refractivity contribution in [1.82, 2.24) is 4.98 Å². The molecule has 0 bridgehead atoms. The van der Waals surface area contributed by atoms with E-state index in [2.05, 4.69) is 4.98 Å². The van der Waals surface area contributed by atoms with Crippen molar-refractivity contribution in [1.29, 1.82) is 0 Å². The standard InChI is InChI=1S/C12H8F3NOS2/c1-7-2-4-8(5-3-7)18-11-16-6-9(19-11)10(17)12(13,14)15/h2-6H,1H3. The van der Waals surface area contributed by atoms with Crippen LogP contribution in [-0.2, 0) is 0 Å². The molecule has 0 radical (unpaired) electrons. The first kappa shape index (κ1) is 14.1. The molecule has 2 nitrogen and oxygen atoms in total. The number of carbonyl (C=O) groups is 1. The molecule has 0 N–H and O–H groups in total. The van der Waals surface area contributed by atoms with Gasteiger partial charge in [0.05, 0.1) is 6.20 Å². The van der Waals surface area contributed by atoms with Crippen LogP contribution in [0, 0.1) is 6.92 Å². The maximum absolute atomic E-state index is 12.2. The van der Waals surface area contributed by atoms with Gasteiger partial charge in [0.15, 0.2) is 4.34 Å². The van der Waals surface area contributed by atoms with Gasteiger partial charge < -0.3 is 0 Å². The summed E-state index contributed by atoms with van der Waals surface area (Å²) in [6, 6.07) is 7.51. The molecule has 1 heterocycles. The van der Waals surface area contributed by atoms with Gasteiger partial charge in [-0.3, -0.25) is 4.79 Å². The lowest BCUT2D eigenvalue weighted by atomic mass is 10.2. The van der Waals surface area contributed by atoms with E-state index < -0.39 is 12.0 Å². The Morgan fingerprint density at radius 2 is 1.89 bits per heavy atom. The number of thiazole rings is 1. The lowest BCUT2D eigenvalue weighted by molar-refractivity contribution is -0.0882. The molecule has 0 saturated heterocycles. The van der Waals surface area contributed by atoms with Crippen LogP contribution in [-0.4, -0.2) is 16.9 Å². The molecule has 2 rings (SSSR count). The lowest BCUT2D eigenvalue weighted by Crippen LogP contribution is -2.21. The Labute approximate surface area is 115 Å². The van der Waals surface area contributed by atoms with Crippen LogP contribution < -0.4 is 0 Å². The number of alkyl halides is 3. The average Bonchev–Trinajstić information content (AvgIpc) is 2.78. The minimum absolute atomic E-state index is 0.387. The molecule has 7 heteroatoms. The highest BCUT2D eigenvalue weighted by atomic mass is 32.2. The highest BCUT2D eigenvalue weighted by Crippen LogP contribution is 2.33. The SMILES string of the molecule is Cc1ccc(Sc2ncc(C(=O)C(F)(F)F)s2)cc1. The van der Waals surface area contributed by atoms with Crippen molar-refractivity contribution in [3.8, 4) is 0 Å². The van der Waals surface area contributed by atoms with E-state index in [1.165, 1.54) is 11.8 Å². The van der Waals surface area contributed by atoms with Crippen LogP contribution >= 0.6 is 23.1 Å². The fourth-order valence-corrected chi connectivity index (χ4v) is 3.17. The molecule has 100 valence electrons. The number of aromatic nitrogens is 1. The molecule has 1 aromatic heterocycles. The van der Waals surface area contributed by atoms with Gasteiger partial charge in [0.2, 0.25) is 0 Å². The molecule has 0 aliphatic rings. The van der Waals surface area contributed by atoms with Gasteiger partial charge >= 0.3 is 6.18 Å². The smallest absolute Gasteiger partial charge is 0.283 e. The molecule has 0 aliphatic carbocycles. The van der Waals surface area contributed by atoms with Crippen LogP contribution in [0.1, 0.15) is 15.2 Å². The molecule has 0 fully saturated rings. The monoisotopic (exact) mass is 303 g/mol. The van der Waals surface area contributed by atoms with Crippen LogP contribution in [0.3, 0.4) is 0 Å². The van der Waals surface area contributed by atoms with E-state index in [1.807, 2.05) is 31.2 Å². The molecule has 1 aromatic carbocycles. The quantitative estimate of drug-likeness (QED) is 0.790. The zero-order chi connectivity index (χ0) is 14.0. The Kier molecular flexibility index (Phi) is 3.96. The van der Waals surface area contributed by atoms with Crippen LogP contribution in [0.5, 0.6) is 0 Å². The third-order valence-electron chi connectivity index (χ3n) is 2.19. The van der Waals surface area contributed by atoms with E-state index in [4.69, 9.17) is 0 Å². The minimum atomic E-state index is -4.85. The Bertz CT molecular complexity index is 590. The molecule has 0 aliphatic heterocycles. The number of halogens is 3. The molecule has 0 spiro atoms. The maximum Gasteiger partial charge on any atom is 0.455 e. The van der Waals surface area contributed by atoms with E-state index in [-0.39, 0.29) is 4.88 Å². The van der Waals surface area contributed by atoms with Crippen molar-refractivity contribution >= 4 is 28.9 Å². The summed E-state index contributed by atoms with van der Waals surface area (Å²) in [5.41, 5.74) is 1.09. The first-order valence-corrected chi connectivity index (χ1v) is 6.81. The van der Waals surface area contributed by atoms with Gasteiger partial charge in [-0.25, -0.2) is 4.98 Å². The van der Waals surface area contributed by atoms with Crippen LogP contribution in [0.15, 0.2) is 39.7 Å². The first-order chi connectivity index (χ1) is 8.86. The molecule has 2 aromatic rings. The summed E-state index contributed by atoms with van der Waals surface area (Å²) in [5, 5.41) is 0. The van der Waals surface area contributed by atoms with Gasteiger partial charge in [-0.1, -0.05) is 29.5 Å². The van der Waals surface area contributed by atoms with Crippen LogP contribution in [0.25, 0.3) is 0 Å². The topological polar surface area (TPSA) is 30.0 Å². The van der Waals surface area contributed by atoms with Gasteiger partial charge in [-0.05, 0) is 19.1 Å². The summed E-state index contributed by atoms with van der Waals surface area (Å²) in [5.74, 6) is -1.85. The number of ketones is 1. The summed E-state index contributed by atoms with van der Waals surface area (Å²) in [6.45, 7) is 1.94. The Balaban J connectivity index is 2.14. The molecular formula is C12H8F3NOS2. The van der Waals surface area contributed by atoms with Gasteiger partial charge in [0.25, 0.3) is 5.78 Å². The van der Waals surface area contributed by atoms with Gasteiger partial charge in [-0.2, -0.15) is 13.2 Å². The summed E-state index contributed by atoms with van der Waals surface area (Å²) < 4.78 is 37.1. The number of aryl methyl sites for hydroxylation is 1. The van der Waals surface area contributed by atoms with Crippen molar-refractivity contribution in [2.45, 2.75) is 22.3 Å². The molecule has 0 unspecified atom stereocenters. The lowest BCUT2D eigenvalue weighted by Gasteiger charge is -2.00. The number of hydrogen-bond acceptors (Lipinski definition) is 4. The predicted molar refractivity (Wildman–Crippen MR) is 67.8 cm³/mol. The van der Waals surface area contributed by atoms with Crippen molar-refractivity contribution in [2.24, 2.45) is 0 Å². The van der Waals surface area contributed by atoms with Gasteiger partial charge in [0, 0.05) is 4.90 Å². The number of carbonyl (C=O) groups excluding carboxylic acids is 1. The fourth-order valence-electron chi connectivity index (χ4n) is 1.26. The molecular weight excluding hydrogens is 295 g/mol. The Morgan fingerprint density at radius 3 is 2.47 bits per heavy atom. The van der Waals surface area contributed by atoms with E-state index in [1.54, 1.807) is 0 Å². The minimum Gasteiger partial charge on any atom is -0.283 e. The van der Waals surface area contributed by atoms with Crippen LogP contribution in [0.2, 0.25) is 0 Å². The second-order valence-electron chi connectivity index (χ2n) is 3.73. The molecule has 0 atom stereocenters. The van der Waals surface area contributed by atoms with E-state index in [9.17, 15) is 18.0 Å². The Morgan fingerprint density at radius 1 is 1.26 bits per heavy atom. The number of rotatable bonds is 3. The van der Waals surface area contributed by atoms with E-state index in [0.29, 0.717) is 4.34 Å². The highest BCUT2D eigenvalue weighted by Gasteiger charge is 2.40. The normalized spacial score (nSPS) is 11.6. The summed E-state index contributed by atoms with van der Waals surface area (Å²) in [6.07, 6.45) is -3.88. The van der Waals surface area contributed by atoms with Crippen LogP contribution in [0.4, 0.5) is 13.2 Å². The molecule has 0 amide bonds. The van der Waals surface area contributed by atoms with Gasteiger partial charge in [-0.15, -0.1) is 11.3 Å². The third kappa shape index (κ3) is 3.57. The number of hydrogen-bond donors (Lipinski definition) is 0. The summed E-state index contributed by atoms with van der Waals surface area (Å²) >= 11 is 1.98. The van der Waals surface area contributed by atoms with Gasteiger partial charge in [0.1, 0.15) is 4.88 Å². The first-order valence-electron chi connectivity index (χ1n) is 5.18. The molecule has 19 heavy (non-hydrogen) atoms. The van der Waals surface area contributed by atoms with Crippen molar-refractivity contribution in [3.63, 3.8) is 0 Å². The maximum atomic E-state index is 12.2. The summed E-state index contributed by atoms with van der Waals surface area (Å²) in [4.78, 5) is 15.3. The molecule has 0 saturated carbocycles. The second kappa shape index (κ2) is 5.34. The third-order valence-corrected chi connectivity index (χ3v) is 4.27. The van der Waals surface area contributed by atoms with Crippen molar-refractivity contribution < 1.29 is 18.0 Å². The number of benzene rings is 1. The predicted octanol–water partition coefficient (Wildman–Crippen LogP) is 4.35. The zero-order valence-corrected chi connectivity index (χ0v) is 11.3. The Hall–Kier alpha value is -1.34. The largest absolute Gasteiger partial charge is 0.455 e. The average molecular weight is 303 g/mol. The van der Waals surface area contributed by atoms with Crippen molar-refractivity contribution in [2.75, 3.05) is 0 Å². The summed E-state index contributed by atoms with van der Waals surface area (Å²) in [7, 11) is 0. The number of Topliss-reactive ketones (excluding diaryl/α,β-unsaturated/α-hetero) is 1. The zero-order valence-electron chi connectivity index (χ0n) is 9.69. The number of nitrogens with zero attached hydrogens (tertiary/aromatic N) is 1. The second-order valence-corrected chi connectivity index (χ2v) is 6.08. The highest BCUT2D eigenvalue weighted by molar-refractivity contribution is 8.01. The van der Waals surface area contributed by atoms with E-state index in [0.717, 1.165) is 28.0 Å². The van der Waals surface area contributed by atoms with E-state index >= 15 is 0 Å². The fraction of sp³-hybridized carbons (Fsp3) is 0.167. The van der Waals surface area contributed by atoms with Crippen molar-refractivity contribution in [3.05, 3.63) is 40.9 Å².